The van der Waals surface area contributed by atoms with E-state index < -0.39 is 43.3 Å². The number of rotatable bonds is 7. The molecule has 1 aliphatic rings. The molecule has 13 heteroatoms. The summed E-state index contributed by atoms with van der Waals surface area (Å²) < 4.78 is 36.7. The van der Waals surface area contributed by atoms with E-state index in [0.29, 0.717) is 0 Å². The molecule has 0 bridgehead atoms. The standard InChI is InChI=1S/C22H16N2O9S.Na/c1-33-21-16(19(27)20(21)28)23-6-7-24-22(29)10-2-4-12-14(8-10)17(25)13-5-3-11(34(30,31)32)9-15(13)18(12)26;/h2-5,8-9,23H,6-7H2,1H3,(H,24,29)(H,30,31,32);/q;+1/p-1. The van der Waals surface area contributed by atoms with E-state index in [1.54, 1.807) is 0 Å². The Labute approximate surface area is 220 Å². The molecule has 0 aromatic heterocycles. The molecule has 0 fully saturated rings. The molecule has 0 unspecified atom stereocenters. The molecule has 0 atom stereocenters. The van der Waals surface area contributed by atoms with E-state index in [-0.39, 0.29) is 81.9 Å². The molecule has 174 valence electrons. The number of nitrogens with one attached hydrogen (secondary N) is 1. The molecule has 0 saturated carbocycles. The van der Waals surface area contributed by atoms with Crippen molar-refractivity contribution in [1.29, 1.82) is 0 Å². The summed E-state index contributed by atoms with van der Waals surface area (Å²) in [5, 5.41) is 15.1. The molecule has 0 radical (unpaired) electrons. The third kappa shape index (κ3) is 4.70. The number of carbonyl (C=O) groups is 2. The number of hydrogen-bond acceptors (Lipinski definition) is 10. The Bertz CT molecular complexity index is 1590. The summed E-state index contributed by atoms with van der Waals surface area (Å²) >= 11 is 0. The van der Waals surface area contributed by atoms with Gasteiger partial charge in [0.25, 0.3) is 21.0 Å². The van der Waals surface area contributed by atoms with Crippen LogP contribution in [0.15, 0.2) is 55.9 Å². The van der Waals surface area contributed by atoms with Crippen molar-refractivity contribution >= 4 is 33.3 Å². The van der Waals surface area contributed by atoms with Crippen LogP contribution in [0.5, 0.6) is 5.75 Å². The molecule has 11 nitrogen and oxygen atoms in total. The van der Waals surface area contributed by atoms with E-state index in [9.17, 15) is 37.3 Å². The van der Waals surface area contributed by atoms with Crippen molar-refractivity contribution in [3.05, 3.63) is 84.7 Å². The predicted molar refractivity (Wildman–Crippen MR) is 117 cm³/mol. The van der Waals surface area contributed by atoms with Gasteiger partial charge in [-0.05, 0) is 41.8 Å². The molecule has 0 amide bonds. The smallest absolute Gasteiger partial charge is 0.858 e. The van der Waals surface area contributed by atoms with Gasteiger partial charge < -0.3 is 15.2 Å². The minimum Gasteiger partial charge on any atom is -0.858 e. The molecule has 3 aromatic rings. The van der Waals surface area contributed by atoms with Gasteiger partial charge in [-0.1, -0.05) is 6.07 Å². The van der Waals surface area contributed by atoms with Gasteiger partial charge in [0.1, 0.15) is 5.69 Å². The number of anilines is 1. The third-order valence-corrected chi connectivity index (χ3v) is 6.12. The van der Waals surface area contributed by atoms with Crippen LogP contribution >= 0.6 is 0 Å². The van der Waals surface area contributed by atoms with Crippen molar-refractivity contribution in [2.45, 2.75) is 4.90 Å². The Hall–Kier alpha value is -3.16. The van der Waals surface area contributed by atoms with Gasteiger partial charge in [0.15, 0.2) is 17.3 Å². The Kier molecular flexibility index (Phi) is 7.43. The van der Waals surface area contributed by atoms with Crippen LogP contribution in [-0.4, -0.2) is 50.6 Å². The molecule has 0 spiro atoms. The number of nitrogens with zero attached hydrogens (tertiary/aromatic N) is 1. The largest absolute Gasteiger partial charge is 1.00 e. The van der Waals surface area contributed by atoms with Crippen molar-refractivity contribution in [2.24, 2.45) is 4.99 Å². The first kappa shape index (κ1) is 26.4. The van der Waals surface area contributed by atoms with Gasteiger partial charge in [-0.3, -0.25) is 28.7 Å². The summed E-state index contributed by atoms with van der Waals surface area (Å²) in [6, 6.07) is 6.87. The van der Waals surface area contributed by atoms with Crippen LogP contribution in [0.25, 0.3) is 0 Å². The van der Waals surface area contributed by atoms with E-state index in [4.69, 9.17) is 4.74 Å². The van der Waals surface area contributed by atoms with E-state index in [2.05, 4.69) is 10.3 Å². The second-order valence-corrected chi connectivity index (χ2v) is 8.70. The quantitative estimate of drug-likeness (QED) is 0.0639. The average Bonchev–Trinajstić information content (AvgIpc) is 2.82. The molecular formula is C22H15N2NaO9S. The first-order valence-electron chi connectivity index (χ1n) is 9.72. The zero-order valence-electron chi connectivity index (χ0n) is 18.4. The molecule has 2 N–H and O–H groups in total. The fourth-order valence-electron chi connectivity index (χ4n) is 3.58. The fourth-order valence-corrected chi connectivity index (χ4v) is 4.09. The van der Waals surface area contributed by atoms with Crippen LogP contribution in [-0.2, 0) is 10.1 Å². The summed E-state index contributed by atoms with van der Waals surface area (Å²) in [5.74, 6) is -1.97. The van der Waals surface area contributed by atoms with Crippen molar-refractivity contribution < 1.29 is 62.0 Å². The number of benzene rings is 2. The summed E-state index contributed by atoms with van der Waals surface area (Å²) in [6.07, 6.45) is 0. The van der Waals surface area contributed by atoms with Gasteiger partial charge in [-0.2, -0.15) is 8.42 Å². The third-order valence-electron chi connectivity index (χ3n) is 5.27. The molecule has 0 saturated heterocycles. The van der Waals surface area contributed by atoms with Crippen molar-refractivity contribution in [3.8, 4) is 5.75 Å². The Balaban J connectivity index is 0.00000342. The normalized spacial score (nSPS) is 13.1. The van der Waals surface area contributed by atoms with Gasteiger partial charge >= 0.3 is 29.6 Å². The number of aliphatic imine (C=N–C) groups is 1. The van der Waals surface area contributed by atoms with E-state index in [1.165, 1.54) is 25.3 Å². The van der Waals surface area contributed by atoms with Crippen molar-refractivity contribution in [2.75, 3.05) is 25.5 Å². The maximum Gasteiger partial charge on any atom is 1.00 e. The number of methoxy groups -OCH3 is 1. The monoisotopic (exact) mass is 506 g/mol. The van der Waals surface area contributed by atoms with Crippen molar-refractivity contribution in [3.63, 3.8) is 0 Å². The van der Waals surface area contributed by atoms with E-state index in [0.717, 1.165) is 18.2 Å². The Morgan fingerprint density at radius 1 is 0.971 bits per heavy atom. The number of carbonyl (C=O) groups excluding carboxylic acids is 2. The average molecular weight is 506 g/mol. The van der Waals surface area contributed by atoms with Gasteiger partial charge in [0.2, 0.25) is 0 Å². The minimum atomic E-state index is -4.57. The minimum absolute atomic E-state index is 0. The Morgan fingerprint density at radius 2 is 1.57 bits per heavy atom. The summed E-state index contributed by atoms with van der Waals surface area (Å²) in [4.78, 5) is 51.8. The first-order valence-corrected chi connectivity index (χ1v) is 11.2. The van der Waals surface area contributed by atoms with Crippen LogP contribution in [0, 0.1) is 0 Å². The number of hydrogen-bond donors (Lipinski definition) is 2. The van der Waals surface area contributed by atoms with Crippen LogP contribution in [0.2, 0.25) is 0 Å². The van der Waals surface area contributed by atoms with Gasteiger partial charge in [0.05, 0.1) is 18.6 Å². The molecule has 35 heavy (non-hydrogen) atoms. The summed E-state index contributed by atoms with van der Waals surface area (Å²) in [5.41, 5.74) is -1.67. The van der Waals surface area contributed by atoms with Crippen LogP contribution in [0.3, 0.4) is 0 Å². The summed E-state index contributed by atoms with van der Waals surface area (Å²) in [6.45, 7) is 0.0186. The molecule has 0 aliphatic heterocycles. The molecule has 3 aromatic carbocycles. The zero-order chi connectivity index (χ0) is 24.8. The number of ketones is 2. The van der Waals surface area contributed by atoms with Gasteiger partial charge in [-0.25, -0.2) is 0 Å². The topological polar surface area (TPSA) is 179 Å². The second kappa shape index (κ2) is 9.84. The van der Waals surface area contributed by atoms with Crippen LogP contribution in [0.4, 0.5) is 5.69 Å². The molecule has 0 heterocycles. The zero-order valence-corrected chi connectivity index (χ0v) is 21.3. The SMILES string of the molecule is COc1c(NCCN=C([O-])c2ccc3c(c2)C(=O)c2ccc(S(=O)(=O)O)cc2C3=O)c(=O)c1=O.[Na+]. The molecule has 4 rings (SSSR count). The molecular weight excluding hydrogens is 491 g/mol. The second-order valence-electron chi connectivity index (χ2n) is 7.28. The maximum atomic E-state index is 12.9. The number of fused-ring (bicyclic) bond motifs is 2. The van der Waals surface area contributed by atoms with Crippen molar-refractivity contribution in [1.82, 2.24) is 0 Å². The molecule has 1 aliphatic carbocycles. The van der Waals surface area contributed by atoms with Gasteiger partial charge in [-0.15, -0.1) is 0 Å². The maximum absolute atomic E-state index is 12.9. The Morgan fingerprint density at radius 3 is 2.17 bits per heavy atom. The van der Waals surface area contributed by atoms with Gasteiger partial charge in [0, 0.05) is 28.8 Å². The van der Waals surface area contributed by atoms with Crippen LogP contribution < -0.4 is 55.6 Å². The van der Waals surface area contributed by atoms with Crippen LogP contribution in [0.1, 0.15) is 37.4 Å². The number of ether oxygens (including phenoxy) is 1. The van der Waals surface area contributed by atoms with E-state index >= 15 is 0 Å². The van der Waals surface area contributed by atoms with E-state index in [1.807, 2.05) is 0 Å². The predicted octanol–water partition coefficient (Wildman–Crippen LogP) is -3.46. The first-order chi connectivity index (χ1) is 16.0. The summed E-state index contributed by atoms with van der Waals surface area (Å²) in [7, 11) is -3.32. The fraction of sp³-hybridized carbons (Fsp3) is 0.136.